The summed E-state index contributed by atoms with van der Waals surface area (Å²) in [7, 11) is 1.30. The van der Waals surface area contributed by atoms with E-state index in [1.54, 1.807) is 18.3 Å². The lowest BCUT2D eigenvalue weighted by molar-refractivity contribution is 0.187. The van der Waals surface area contributed by atoms with Gasteiger partial charge in [-0.15, -0.1) is 0 Å². The number of nitrogens with zero attached hydrogens (tertiary/aromatic N) is 2. The highest BCUT2D eigenvalue weighted by Gasteiger charge is 2.20. The van der Waals surface area contributed by atoms with E-state index in [1.807, 2.05) is 13.0 Å². The predicted molar refractivity (Wildman–Crippen MR) is 102 cm³/mol. The Bertz CT molecular complexity index is 862. The van der Waals surface area contributed by atoms with Crippen molar-refractivity contribution in [1.29, 1.82) is 0 Å². The Balaban J connectivity index is 2.00. The van der Waals surface area contributed by atoms with Crippen LogP contribution in [0.5, 0.6) is 0 Å². The van der Waals surface area contributed by atoms with Gasteiger partial charge in [0, 0.05) is 24.8 Å². The fourth-order valence-electron chi connectivity index (χ4n) is 3.35. The first-order valence-electron chi connectivity index (χ1n) is 8.81. The molecular weight excluding hydrogens is 332 g/mol. The minimum atomic E-state index is -0.582. The van der Waals surface area contributed by atoms with Crippen LogP contribution in [0.15, 0.2) is 29.2 Å². The smallest absolute Gasteiger partial charge is 0.412 e. The van der Waals surface area contributed by atoms with Gasteiger partial charge in [0.25, 0.3) is 0 Å². The van der Waals surface area contributed by atoms with Crippen molar-refractivity contribution >= 4 is 17.7 Å². The molecule has 0 unspecified atom stereocenters. The molecule has 3 rings (SSSR count). The number of aromatic nitrogens is 2. The Kier molecular flexibility index (Phi) is 5.25. The van der Waals surface area contributed by atoms with Crippen molar-refractivity contribution < 1.29 is 9.53 Å². The van der Waals surface area contributed by atoms with Crippen LogP contribution in [-0.2, 0) is 4.74 Å². The maximum Gasteiger partial charge on any atom is 0.412 e. The van der Waals surface area contributed by atoms with Gasteiger partial charge in [0.15, 0.2) is 0 Å². The molecular formula is C19H24N4O3. The summed E-state index contributed by atoms with van der Waals surface area (Å²) in [5, 5.41) is 2.56. The molecule has 0 bridgehead atoms. The fraction of sp³-hybridized carbons (Fsp3) is 0.421. The molecule has 26 heavy (non-hydrogen) atoms. The number of H-pyrrole nitrogens is 1. The van der Waals surface area contributed by atoms with Crippen molar-refractivity contribution in [3.05, 3.63) is 40.3 Å². The second kappa shape index (κ2) is 7.59. The zero-order valence-corrected chi connectivity index (χ0v) is 15.3. The molecule has 3 heterocycles. The van der Waals surface area contributed by atoms with E-state index >= 15 is 0 Å². The number of piperidine rings is 1. The van der Waals surface area contributed by atoms with Crippen LogP contribution in [0.25, 0.3) is 11.1 Å². The number of ether oxygens (including phenoxy) is 1. The molecule has 2 aromatic rings. The molecule has 7 nitrogen and oxygen atoms in total. The Hall–Kier alpha value is -2.83. The van der Waals surface area contributed by atoms with E-state index in [2.05, 4.69) is 31.8 Å². The quantitative estimate of drug-likeness (QED) is 0.881. The van der Waals surface area contributed by atoms with Crippen LogP contribution in [0.3, 0.4) is 0 Å². The Morgan fingerprint density at radius 2 is 2.15 bits per heavy atom. The summed E-state index contributed by atoms with van der Waals surface area (Å²) in [6, 6.07) is 5.71. The standard InChI is InChI=1S/C19H24N4O3/c1-12-11-20-16(21-19(25)26-3)10-15(12)14-8-17(22-18(24)9-14)23-7-5-4-6-13(23)2/h8-11,13H,4-7H2,1-3H3,(H,22,24)(H,20,21,25)/t13-/m0/s1. The van der Waals surface area contributed by atoms with Crippen LogP contribution in [0.4, 0.5) is 16.4 Å². The number of carbonyl (C=O) groups excluding carboxylic acids is 1. The topological polar surface area (TPSA) is 87.3 Å². The van der Waals surface area contributed by atoms with Gasteiger partial charge in [0.05, 0.1) is 7.11 Å². The molecule has 0 aliphatic carbocycles. The van der Waals surface area contributed by atoms with Gasteiger partial charge < -0.3 is 14.6 Å². The fourth-order valence-corrected chi connectivity index (χ4v) is 3.35. The molecule has 2 aromatic heterocycles. The number of aromatic amines is 1. The zero-order valence-electron chi connectivity index (χ0n) is 15.3. The lowest BCUT2D eigenvalue weighted by Crippen LogP contribution is -2.38. The number of nitrogens with one attached hydrogen (secondary N) is 2. The number of hydrogen-bond donors (Lipinski definition) is 2. The highest BCUT2D eigenvalue weighted by atomic mass is 16.5. The van der Waals surface area contributed by atoms with Crippen molar-refractivity contribution in [3.8, 4) is 11.1 Å². The monoisotopic (exact) mass is 356 g/mol. The number of amides is 1. The molecule has 1 fully saturated rings. The van der Waals surface area contributed by atoms with E-state index in [4.69, 9.17) is 0 Å². The minimum absolute atomic E-state index is 0.144. The largest absolute Gasteiger partial charge is 0.453 e. The lowest BCUT2D eigenvalue weighted by Gasteiger charge is -2.35. The molecule has 0 spiro atoms. The van der Waals surface area contributed by atoms with E-state index in [1.165, 1.54) is 13.5 Å². The normalized spacial score (nSPS) is 17.0. The van der Waals surface area contributed by atoms with Crippen LogP contribution < -0.4 is 15.8 Å². The van der Waals surface area contributed by atoms with Crippen LogP contribution >= 0.6 is 0 Å². The Labute approximate surface area is 152 Å². The predicted octanol–water partition coefficient (Wildman–Crippen LogP) is 3.30. The van der Waals surface area contributed by atoms with Crippen LogP contribution in [-0.4, -0.2) is 35.8 Å². The van der Waals surface area contributed by atoms with E-state index in [9.17, 15) is 9.59 Å². The molecule has 1 atom stereocenters. The molecule has 0 radical (unpaired) electrons. The van der Waals surface area contributed by atoms with Gasteiger partial charge in [-0.3, -0.25) is 10.1 Å². The van der Waals surface area contributed by atoms with Crippen LogP contribution in [0.1, 0.15) is 31.7 Å². The van der Waals surface area contributed by atoms with Crippen LogP contribution in [0, 0.1) is 6.92 Å². The van der Waals surface area contributed by atoms with Gasteiger partial charge in [0.2, 0.25) is 5.56 Å². The van der Waals surface area contributed by atoms with Gasteiger partial charge in [-0.1, -0.05) is 0 Å². The summed E-state index contributed by atoms with van der Waals surface area (Å²) in [6.07, 6.45) is 4.55. The third-order valence-electron chi connectivity index (χ3n) is 4.77. The molecule has 0 saturated carbocycles. The van der Waals surface area contributed by atoms with Crippen molar-refractivity contribution in [2.45, 2.75) is 39.2 Å². The van der Waals surface area contributed by atoms with Crippen molar-refractivity contribution in [2.75, 3.05) is 23.9 Å². The van der Waals surface area contributed by atoms with Crippen molar-refractivity contribution in [1.82, 2.24) is 9.97 Å². The second-order valence-electron chi connectivity index (χ2n) is 6.66. The average molecular weight is 356 g/mol. The summed E-state index contributed by atoms with van der Waals surface area (Å²) in [5.41, 5.74) is 2.43. The van der Waals surface area contributed by atoms with Gasteiger partial charge in [-0.05, 0) is 61.9 Å². The first-order valence-corrected chi connectivity index (χ1v) is 8.81. The van der Waals surface area contributed by atoms with Crippen molar-refractivity contribution in [2.24, 2.45) is 0 Å². The van der Waals surface area contributed by atoms with E-state index in [0.29, 0.717) is 11.9 Å². The number of anilines is 2. The average Bonchev–Trinajstić information content (AvgIpc) is 2.63. The van der Waals surface area contributed by atoms with Gasteiger partial charge in [-0.25, -0.2) is 9.78 Å². The number of carbonyl (C=O) groups is 1. The molecule has 138 valence electrons. The summed E-state index contributed by atoms with van der Waals surface area (Å²) in [5.74, 6) is 1.21. The Morgan fingerprint density at radius 1 is 1.35 bits per heavy atom. The molecule has 1 amide bonds. The van der Waals surface area contributed by atoms with Crippen LogP contribution in [0.2, 0.25) is 0 Å². The highest BCUT2D eigenvalue weighted by Crippen LogP contribution is 2.29. The lowest BCUT2D eigenvalue weighted by atomic mass is 10.0. The summed E-state index contributed by atoms with van der Waals surface area (Å²) in [4.78, 5) is 33.1. The zero-order chi connectivity index (χ0) is 18.7. The van der Waals surface area contributed by atoms with E-state index in [0.717, 1.165) is 41.9 Å². The van der Waals surface area contributed by atoms with Gasteiger partial charge in [-0.2, -0.15) is 0 Å². The molecule has 2 N–H and O–H groups in total. The maximum absolute atomic E-state index is 12.3. The number of rotatable bonds is 3. The molecule has 1 aliphatic rings. The molecule has 0 aromatic carbocycles. The maximum atomic E-state index is 12.3. The van der Waals surface area contributed by atoms with E-state index < -0.39 is 6.09 Å². The third kappa shape index (κ3) is 3.87. The molecule has 1 aliphatic heterocycles. The summed E-state index contributed by atoms with van der Waals surface area (Å²) in [6.45, 7) is 5.04. The van der Waals surface area contributed by atoms with Crippen molar-refractivity contribution in [3.63, 3.8) is 0 Å². The molecule has 1 saturated heterocycles. The SMILES string of the molecule is COC(=O)Nc1cc(-c2cc(N3CCCC[C@@H]3C)[nH]c(=O)c2)c(C)cn1. The number of hydrogen-bond acceptors (Lipinski definition) is 5. The summed E-state index contributed by atoms with van der Waals surface area (Å²) < 4.78 is 4.61. The number of pyridine rings is 2. The van der Waals surface area contributed by atoms with Gasteiger partial charge in [0.1, 0.15) is 11.6 Å². The third-order valence-corrected chi connectivity index (χ3v) is 4.77. The number of methoxy groups -OCH3 is 1. The first-order chi connectivity index (χ1) is 12.5. The molecule has 7 heteroatoms. The van der Waals surface area contributed by atoms with E-state index in [-0.39, 0.29) is 5.56 Å². The Morgan fingerprint density at radius 3 is 2.88 bits per heavy atom. The first kappa shape index (κ1) is 18.0. The minimum Gasteiger partial charge on any atom is -0.453 e. The number of aryl methyl sites for hydroxylation is 1. The summed E-state index contributed by atoms with van der Waals surface area (Å²) >= 11 is 0. The highest BCUT2D eigenvalue weighted by molar-refractivity contribution is 5.84. The van der Waals surface area contributed by atoms with Gasteiger partial charge >= 0.3 is 6.09 Å². The second-order valence-corrected chi connectivity index (χ2v) is 6.66.